The van der Waals surface area contributed by atoms with Crippen molar-refractivity contribution in [3.63, 3.8) is 0 Å². The number of thioether (sulfide) groups is 1. The summed E-state index contributed by atoms with van der Waals surface area (Å²) in [6.45, 7) is 0. The fraction of sp³-hybridized carbons (Fsp3) is 0.100. The minimum Gasteiger partial charge on any atom is -0.319 e. The Hall–Kier alpha value is -1.11. The Morgan fingerprint density at radius 3 is 2.82 bits per heavy atom. The van der Waals surface area contributed by atoms with Crippen molar-refractivity contribution in [3.05, 3.63) is 33.7 Å². The predicted molar refractivity (Wildman–Crippen MR) is 71.1 cm³/mol. The zero-order chi connectivity index (χ0) is 12.3. The molecule has 1 aromatic heterocycles. The van der Waals surface area contributed by atoms with Gasteiger partial charge in [-0.1, -0.05) is 23.5 Å². The Balaban J connectivity index is 2.18. The van der Waals surface area contributed by atoms with Gasteiger partial charge in [0.1, 0.15) is 0 Å². The van der Waals surface area contributed by atoms with E-state index in [1.165, 1.54) is 0 Å². The van der Waals surface area contributed by atoms with Gasteiger partial charge in [-0.25, -0.2) is 0 Å². The summed E-state index contributed by atoms with van der Waals surface area (Å²) < 4.78 is 0.258. The normalized spacial score (nSPS) is 10.2. The molecule has 1 N–H and O–H groups in total. The average Bonchev–Trinajstić information content (AvgIpc) is 2.77. The van der Waals surface area contributed by atoms with Crippen molar-refractivity contribution in [2.75, 3.05) is 11.6 Å². The van der Waals surface area contributed by atoms with Crippen LogP contribution in [0.5, 0.6) is 0 Å². The molecule has 0 aliphatic carbocycles. The number of anilines is 1. The van der Waals surface area contributed by atoms with Gasteiger partial charge < -0.3 is 5.32 Å². The highest BCUT2D eigenvalue weighted by Crippen LogP contribution is 2.25. The van der Waals surface area contributed by atoms with Crippen molar-refractivity contribution in [2.24, 2.45) is 0 Å². The van der Waals surface area contributed by atoms with Crippen molar-refractivity contribution < 1.29 is 4.79 Å². The number of benzene rings is 1. The number of carbonyl (C=O) groups is 1. The maximum absolute atomic E-state index is 11.8. The highest BCUT2D eigenvalue weighted by atomic mass is 35.5. The standard InChI is InChI=1S/C10H8ClN3OS2/c1-16-7-5-3-2-4-6(7)12-8(15)9-13-14-10(11)17-9/h2-5H,1H3,(H,12,15). The van der Waals surface area contributed by atoms with Gasteiger partial charge in [-0.05, 0) is 30.0 Å². The van der Waals surface area contributed by atoms with Crippen molar-refractivity contribution in [1.82, 2.24) is 10.2 Å². The smallest absolute Gasteiger partial charge is 0.286 e. The molecule has 7 heteroatoms. The van der Waals surface area contributed by atoms with E-state index in [-0.39, 0.29) is 15.4 Å². The largest absolute Gasteiger partial charge is 0.319 e. The summed E-state index contributed by atoms with van der Waals surface area (Å²) in [4.78, 5) is 12.8. The van der Waals surface area contributed by atoms with Gasteiger partial charge >= 0.3 is 0 Å². The van der Waals surface area contributed by atoms with E-state index in [2.05, 4.69) is 15.5 Å². The maximum Gasteiger partial charge on any atom is 0.286 e. The molecule has 0 unspecified atom stereocenters. The van der Waals surface area contributed by atoms with Crippen molar-refractivity contribution in [1.29, 1.82) is 0 Å². The van der Waals surface area contributed by atoms with Crippen LogP contribution in [0.4, 0.5) is 5.69 Å². The highest BCUT2D eigenvalue weighted by molar-refractivity contribution is 7.98. The van der Waals surface area contributed by atoms with Crippen LogP contribution in [0.2, 0.25) is 4.47 Å². The van der Waals surface area contributed by atoms with Gasteiger partial charge in [-0.2, -0.15) is 0 Å². The molecule has 0 aliphatic rings. The summed E-state index contributed by atoms with van der Waals surface area (Å²) in [6.07, 6.45) is 1.95. The number of hydrogen-bond donors (Lipinski definition) is 1. The Kier molecular flexibility index (Phi) is 3.98. The summed E-state index contributed by atoms with van der Waals surface area (Å²) >= 11 is 8.24. The monoisotopic (exact) mass is 285 g/mol. The van der Waals surface area contributed by atoms with Gasteiger partial charge in [0.2, 0.25) is 9.47 Å². The minimum absolute atomic E-state index is 0.255. The molecule has 0 bridgehead atoms. The van der Waals surface area contributed by atoms with Gasteiger partial charge in [-0.3, -0.25) is 4.79 Å². The van der Waals surface area contributed by atoms with Crippen LogP contribution >= 0.6 is 34.7 Å². The molecule has 4 nitrogen and oxygen atoms in total. The minimum atomic E-state index is -0.295. The van der Waals surface area contributed by atoms with E-state index in [1.54, 1.807) is 11.8 Å². The summed E-state index contributed by atoms with van der Waals surface area (Å²) in [5.41, 5.74) is 0.760. The molecule has 0 spiro atoms. The number of rotatable bonds is 3. The first-order valence-corrected chi connectivity index (χ1v) is 7.06. The van der Waals surface area contributed by atoms with E-state index in [4.69, 9.17) is 11.6 Å². The number of amides is 1. The molecule has 2 rings (SSSR count). The van der Waals surface area contributed by atoms with Crippen LogP contribution in [0, 0.1) is 0 Å². The van der Waals surface area contributed by atoms with Crippen LogP contribution in [-0.4, -0.2) is 22.4 Å². The van der Waals surface area contributed by atoms with Gasteiger partial charge in [0, 0.05) is 4.90 Å². The quantitative estimate of drug-likeness (QED) is 0.880. The number of hydrogen-bond acceptors (Lipinski definition) is 5. The third-order valence-electron chi connectivity index (χ3n) is 1.95. The summed E-state index contributed by atoms with van der Waals surface area (Å²) in [7, 11) is 0. The molecule has 88 valence electrons. The fourth-order valence-corrected chi connectivity index (χ4v) is 2.50. The number of carbonyl (C=O) groups excluding carboxylic acids is 1. The molecule has 1 heterocycles. The third-order valence-corrected chi connectivity index (χ3v) is 3.76. The number of nitrogens with one attached hydrogen (secondary N) is 1. The predicted octanol–water partition coefficient (Wildman–Crippen LogP) is 3.17. The Morgan fingerprint density at radius 1 is 1.41 bits per heavy atom. The molecule has 1 aromatic carbocycles. The zero-order valence-electron chi connectivity index (χ0n) is 8.81. The molecule has 17 heavy (non-hydrogen) atoms. The average molecular weight is 286 g/mol. The fourth-order valence-electron chi connectivity index (χ4n) is 1.22. The molecule has 0 radical (unpaired) electrons. The van der Waals surface area contributed by atoms with E-state index in [0.717, 1.165) is 21.9 Å². The summed E-state index contributed by atoms with van der Waals surface area (Å²) in [6, 6.07) is 7.56. The maximum atomic E-state index is 11.8. The second-order valence-corrected chi connectivity index (χ2v) is 5.42. The second kappa shape index (κ2) is 5.48. The first kappa shape index (κ1) is 12.3. The molecule has 0 aliphatic heterocycles. The summed E-state index contributed by atoms with van der Waals surface area (Å²) in [5.74, 6) is -0.295. The van der Waals surface area contributed by atoms with E-state index in [1.807, 2.05) is 30.5 Å². The molecular weight excluding hydrogens is 278 g/mol. The van der Waals surface area contributed by atoms with E-state index in [9.17, 15) is 4.79 Å². The lowest BCUT2D eigenvalue weighted by atomic mass is 10.3. The Morgan fingerprint density at radius 2 is 2.18 bits per heavy atom. The Labute approximate surface area is 111 Å². The van der Waals surface area contributed by atoms with Crippen molar-refractivity contribution >= 4 is 46.3 Å². The lowest BCUT2D eigenvalue weighted by molar-refractivity contribution is 0.102. The van der Waals surface area contributed by atoms with Crippen LogP contribution in [0.3, 0.4) is 0 Å². The first-order chi connectivity index (χ1) is 8.20. The lowest BCUT2D eigenvalue weighted by Gasteiger charge is -2.06. The van der Waals surface area contributed by atoms with Crippen molar-refractivity contribution in [2.45, 2.75) is 4.90 Å². The number of nitrogens with zero attached hydrogens (tertiary/aromatic N) is 2. The third kappa shape index (κ3) is 2.96. The number of para-hydroxylation sites is 1. The molecule has 1 amide bonds. The highest BCUT2D eigenvalue weighted by Gasteiger charge is 2.13. The molecule has 2 aromatic rings. The molecule has 0 fully saturated rings. The van der Waals surface area contributed by atoms with Crippen LogP contribution in [-0.2, 0) is 0 Å². The summed E-state index contributed by atoms with van der Waals surface area (Å²) in [5, 5.41) is 10.3. The van der Waals surface area contributed by atoms with Gasteiger partial charge in [0.05, 0.1) is 5.69 Å². The molecule has 0 atom stereocenters. The van der Waals surface area contributed by atoms with Crippen LogP contribution < -0.4 is 5.32 Å². The Bertz CT molecular complexity index is 544. The van der Waals surface area contributed by atoms with E-state index < -0.39 is 0 Å². The van der Waals surface area contributed by atoms with Crippen LogP contribution in [0.25, 0.3) is 0 Å². The molecule has 0 saturated heterocycles. The molecular formula is C10H8ClN3OS2. The van der Waals surface area contributed by atoms with E-state index in [0.29, 0.717) is 0 Å². The second-order valence-electron chi connectivity index (χ2n) is 3.01. The van der Waals surface area contributed by atoms with Crippen molar-refractivity contribution in [3.8, 4) is 0 Å². The topological polar surface area (TPSA) is 54.9 Å². The van der Waals surface area contributed by atoms with E-state index >= 15 is 0 Å². The van der Waals surface area contributed by atoms with Crippen LogP contribution in [0.1, 0.15) is 9.80 Å². The first-order valence-electron chi connectivity index (χ1n) is 4.64. The number of halogens is 1. The van der Waals surface area contributed by atoms with Crippen LogP contribution in [0.15, 0.2) is 29.2 Å². The SMILES string of the molecule is CSc1ccccc1NC(=O)c1nnc(Cl)s1. The lowest BCUT2D eigenvalue weighted by Crippen LogP contribution is -2.12. The zero-order valence-corrected chi connectivity index (χ0v) is 11.2. The van der Waals surface area contributed by atoms with Gasteiger partial charge in [-0.15, -0.1) is 22.0 Å². The van der Waals surface area contributed by atoms with Gasteiger partial charge in [0.15, 0.2) is 0 Å². The molecule has 0 saturated carbocycles. The number of aromatic nitrogens is 2. The van der Waals surface area contributed by atoms with Gasteiger partial charge in [0.25, 0.3) is 5.91 Å².